The molecule has 1 heterocycles. The van der Waals surface area contributed by atoms with Crippen molar-refractivity contribution in [3.8, 4) is 0 Å². The van der Waals surface area contributed by atoms with Gasteiger partial charge in [0.05, 0.1) is 22.5 Å². The molecule has 6 nitrogen and oxygen atoms in total. The molecule has 0 atom stereocenters. The molecule has 0 fully saturated rings. The molecule has 0 saturated carbocycles. The van der Waals surface area contributed by atoms with Crippen molar-refractivity contribution in [2.75, 3.05) is 16.2 Å². The molecule has 0 aliphatic carbocycles. The first kappa shape index (κ1) is 20.5. The van der Waals surface area contributed by atoms with E-state index in [1.807, 2.05) is 26.8 Å². The number of hydrogen-bond donors (Lipinski definition) is 1. The van der Waals surface area contributed by atoms with Crippen molar-refractivity contribution in [3.05, 3.63) is 83.7 Å². The van der Waals surface area contributed by atoms with Crippen molar-refractivity contribution >= 4 is 27.3 Å². The quantitative estimate of drug-likeness (QED) is 0.671. The fourth-order valence-corrected chi connectivity index (χ4v) is 4.21. The molecule has 2 aromatic carbocycles. The van der Waals surface area contributed by atoms with Crippen LogP contribution in [0, 0.1) is 20.8 Å². The van der Waals surface area contributed by atoms with Crippen LogP contribution in [0.4, 0.5) is 11.4 Å². The molecular formula is C22H23N3O3S. The summed E-state index contributed by atoms with van der Waals surface area (Å²) in [5, 5.41) is 2.69. The highest BCUT2D eigenvalue weighted by Crippen LogP contribution is 2.26. The van der Waals surface area contributed by atoms with Crippen LogP contribution in [0.1, 0.15) is 16.7 Å². The lowest BCUT2D eigenvalue weighted by atomic mass is 10.1. The number of aryl methyl sites for hydroxylation is 3. The number of benzene rings is 2. The van der Waals surface area contributed by atoms with Crippen molar-refractivity contribution in [2.24, 2.45) is 0 Å². The number of nitrogens with one attached hydrogen (secondary N) is 1. The van der Waals surface area contributed by atoms with Gasteiger partial charge in [0.15, 0.2) is 0 Å². The molecule has 0 aliphatic heterocycles. The summed E-state index contributed by atoms with van der Waals surface area (Å²) in [7, 11) is -3.93. The maximum absolute atomic E-state index is 13.4. The number of anilines is 2. The summed E-state index contributed by atoms with van der Waals surface area (Å²) in [5.74, 6) is -0.452. The maximum atomic E-state index is 13.4. The van der Waals surface area contributed by atoms with E-state index in [0.29, 0.717) is 11.4 Å². The lowest BCUT2D eigenvalue weighted by molar-refractivity contribution is -0.114. The molecule has 0 bridgehead atoms. The van der Waals surface area contributed by atoms with Crippen LogP contribution in [0.5, 0.6) is 0 Å². The SMILES string of the molecule is Cc1ccc(S(=O)(=O)N(CC(=O)Nc2cccnc2)c2ccc(C)c(C)c2)cc1. The summed E-state index contributed by atoms with van der Waals surface area (Å²) in [6, 6.07) is 15.3. The zero-order valence-electron chi connectivity index (χ0n) is 16.6. The third-order valence-corrected chi connectivity index (χ3v) is 6.41. The number of pyridine rings is 1. The Balaban J connectivity index is 1.98. The normalized spacial score (nSPS) is 11.1. The predicted octanol–water partition coefficient (Wildman–Crippen LogP) is 3.84. The molecule has 1 amide bonds. The Bertz CT molecular complexity index is 1110. The Labute approximate surface area is 171 Å². The highest BCUT2D eigenvalue weighted by atomic mass is 32.2. The first-order chi connectivity index (χ1) is 13.8. The largest absolute Gasteiger partial charge is 0.323 e. The zero-order valence-corrected chi connectivity index (χ0v) is 17.4. The van der Waals surface area contributed by atoms with Crippen LogP contribution in [0.15, 0.2) is 71.9 Å². The second-order valence-corrected chi connectivity index (χ2v) is 8.75. The van der Waals surface area contributed by atoms with Crippen LogP contribution in [0.25, 0.3) is 0 Å². The van der Waals surface area contributed by atoms with E-state index in [-0.39, 0.29) is 11.4 Å². The Hall–Kier alpha value is -3.19. The Kier molecular flexibility index (Phi) is 5.98. The minimum Gasteiger partial charge on any atom is -0.323 e. The van der Waals surface area contributed by atoms with Gasteiger partial charge in [-0.05, 0) is 68.3 Å². The van der Waals surface area contributed by atoms with E-state index in [0.717, 1.165) is 21.0 Å². The number of rotatable bonds is 6. The van der Waals surface area contributed by atoms with Crippen LogP contribution in [-0.4, -0.2) is 25.9 Å². The molecule has 1 aromatic heterocycles. The number of nitrogens with zero attached hydrogens (tertiary/aromatic N) is 2. The van der Waals surface area contributed by atoms with Gasteiger partial charge in [-0.25, -0.2) is 8.42 Å². The van der Waals surface area contributed by atoms with Crippen molar-refractivity contribution in [3.63, 3.8) is 0 Å². The van der Waals surface area contributed by atoms with Crippen LogP contribution >= 0.6 is 0 Å². The molecule has 0 radical (unpaired) electrons. The average molecular weight is 410 g/mol. The fourth-order valence-electron chi connectivity index (χ4n) is 2.80. The highest BCUT2D eigenvalue weighted by Gasteiger charge is 2.27. The predicted molar refractivity (Wildman–Crippen MR) is 114 cm³/mol. The summed E-state index contributed by atoms with van der Waals surface area (Å²) < 4.78 is 27.9. The van der Waals surface area contributed by atoms with Gasteiger partial charge < -0.3 is 5.32 Å². The molecule has 3 rings (SSSR count). The summed E-state index contributed by atoms with van der Waals surface area (Å²) in [6.07, 6.45) is 3.10. The number of carbonyl (C=O) groups is 1. The molecule has 0 aliphatic rings. The molecule has 0 unspecified atom stereocenters. The third kappa shape index (κ3) is 4.81. The van der Waals surface area contributed by atoms with E-state index in [2.05, 4.69) is 10.3 Å². The standard InChI is InChI=1S/C22H23N3O3S/c1-16-6-10-21(11-7-16)29(27,28)25(20-9-8-17(2)18(3)13-20)15-22(26)24-19-5-4-12-23-14-19/h4-14H,15H2,1-3H3,(H,24,26). The van der Waals surface area contributed by atoms with Gasteiger partial charge in [-0.15, -0.1) is 0 Å². The van der Waals surface area contributed by atoms with Gasteiger partial charge in [0.25, 0.3) is 10.0 Å². The molecule has 7 heteroatoms. The van der Waals surface area contributed by atoms with Gasteiger partial charge in [-0.2, -0.15) is 0 Å². The molecular weight excluding hydrogens is 386 g/mol. The highest BCUT2D eigenvalue weighted by molar-refractivity contribution is 7.92. The molecule has 0 spiro atoms. The average Bonchev–Trinajstić information content (AvgIpc) is 2.69. The third-order valence-electron chi connectivity index (χ3n) is 4.62. The number of aromatic nitrogens is 1. The topological polar surface area (TPSA) is 79.4 Å². The Morgan fingerprint density at radius 2 is 1.72 bits per heavy atom. The second-order valence-electron chi connectivity index (χ2n) is 6.88. The van der Waals surface area contributed by atoms with Gasteiger partial charge in [0.2, 0.25) is 5.91 Å². The smallest absolute Gasteiger partial charge is 0.264 e. The van der Waals surface area contributed by atoms with Gasteiger partial charge in [0, 0.05) is 6.20 Å². The van der Waals surface area contributed by atoms with Gasteiger partial charge >= 0.3 is 0 Å². The van der Waals surface area contributed by atoms with E-state index in [4.69, 9.17) is 0 Å². The minimum atomic E-state index is -3.93. The van der Waals surface area contributed by atoms with E-state index >= 15 is 0 Å². The second kappa shape index (κ2) is 8.45. The number of amides is 1. The van der Waals surface area contributed by atoms with E-state index in [1.54, 1.807) is 54.7 Å². The van der Waals surface area contributed by atoms with Crippen molar-refractivity contribution in [1.29, 1.82) is 0 Å². The molecule has 0 saturated heterocycles. The molecule has 1 N–H and O–H groups in total. The van der Waals surface area contributed by atoms with Crippen molar-refractivity contribution in [2.45, 2.75) is 25.7 Å². The Morgan fingerprint density at radius 1 is 1.00 bits per heavy atom. The molecule has 29 heavy (non-hydrogen) atoms. The number of sulfonamides is 1. The monoisotopic (exact) mass is 409 g/mol. The lowest BCUT2D eigenvalue weighted by Gasteiger charge is -2.25. The van der Waals surface area contributed by atoms with Crippen LogP contribution < -0.4 is 9.62 Å². The van der Waals surface area contributed by atoms with Crippen LogP contribution in [0.3, 0.4) is 0 Å². The summed E-state index contributed by atoms with van der Waals surface area (Å²) in [5.41, 5.74) is 3.89. The van der Waals surface area contributed by atoms with E-state index in [1.165, 1.54) is 6.20 Å². The maximum Gasteiger partial charge on any atom is 0.264 e. The summed E-state index contributed by atoms with van der Waals surface area (Å²) >= 11 is 0. The van der Waals surface area contributed by atoms with Gasteiger partial charge in [0.1, 0.15) is 6.54 Å². The minimum absolute atomic E-state index is 0.135. The summed E-state index contributed by atoms with van der Waals surface area (Å²) in [6.45, 7) is 5.39. The van der Waals surface area contributed by atoms with Crippen LogP contribution in [-0.2, 0) is 14.8 Å². The summed E-state index contributed by atoms with van der Waals surface area (Å²) in [4.78, 5) is 16.7. The molecule has 3 aromatic rings. The van der Waals surface area contributed by atoms with Gasteiger partial charge in [-0.3, -0.25) is 14.1 Å². The zero-order chi connectivity index (χ0) is 21.0. The van der Waals surface area contributed by atoms with E-state index in [9.17, 15) is 13.2 Å². The van der Waals surface area contributed by atoms with Crippen LogP contribution in [0.2, 0.25) is 0 Å². The first-order valence-electron chi connectivity index (χ1n) is 9.14. The first-order valence-corrected chi connectivity index (χ1v) is 10.6. The fraction of sp³-hybridized carbons (Fsp3) is 0.182. The lowest BCUT2D eigenvalue weighted by Crippen LogP contribution is -2.38. The molecule has 150 valence electrons. The Morgan fingerprint density at radius 3 is 2.34 bits per heavy atom. The number of carbonyl (C=O) groups excluding carboxylic acids is 1. The van der Waals surface area contributed by atoms with Crippen molar-refractivity contribution in [1.82, 2.24) is 4.98 Å². The van der Waals surface area contributed by atoms with E-state index < -0.39 is 15.9 Å². The number of hydrogen-bond acceptors (Lipinski definition) is 4. The van der Waals surface area contributed by atoms with Gasteiger partial charge in [-0.1, -0.05) is 23.8 Å². The van der Waals surface area contributed by atoms with Crippen molar-refractivity contribution < 1.29 is 13.2 Å².